The quantitative estimate of drug-likeness (QED) is 0.779. The molecule has 0 aliphatic carbocycles. The number of nitrogens with one attached hydrogen (secondary N) is 1. The smallest absolute Gasteiger partial charge is 0.283 e. The summed E-state index contributed by atoms with van der Waals surface area (Å²) in [4.78, 5) is 40.0. The van der Waals surface area contributed by atoms with Gasteiger partial charge >= 0.3 is 0 Å². The molecule has 0 bridgehead atoms. The molecule has 1 saturated heterocycles. The molecule has 29 heavy (non-hydrogen) atoms. The molecule has 8 heteroatoms. The van der Waals surface area contributed by atoms with E-state index in [9.17, 15) is 18.8 Å². The topological polar surface area (TPSA) is 69.7 Å². The third-order valence-electron chi connectivity index (χ3n) is 4.92. The van der Waals surface area contributed by atoms with E-state index in [1.807, 2.05) is 0 Å². The Morgan fingerprint density at radius 1 is 0.966 bits per heavy atom. The zero-order valence-corrected chi connectivity index (χ0v) is 16.1. The van der Waals surface area contributed by atoms with E-state index < -0.39 is 17.6 Å². The maximum Gasteiger partial charge on any atom is 0.283 e. The van der Waals surface area contributed by atoms with Gasteiger partial charge in [-0.1, -0.05) is 23.7 Å². The zero-order valence-electron chi connectivity index (χ0n) is 15.3. The van der Waals surface area contributed by atoms with Gasteiger partial charge < -0.3 is 10.2 Å². The number of hydrogen-bond acceptors (Lipinski definition) is 4. The Balaban J connectivity index is 1.53. The van der Waals surface area contributed by atoms with E-state index >= 15 is 0 Å². The molecule has 0 spiro atoms. The van der Waals surface area contributed by atoms with Crippen LogP contribution in [0.1, 0.15) is 23.2 Å². The third kappa shape index (κ3) is 3.49. The number of rotatable bonds is 4. The molecule has 3 amide bonds. The maximum atomic E-state index is 14.1. The van der Waals surface area contributed by atoms with Crippen molar-refractivity contribution >= 4 is 40.7 Å². The number of amides is 3. The average molecular weight is 414 g/mol. The molecule has 2 aromatic carbocycles. The monoisotopic (exact) mass is 413 g/mol. The third-order valence-corrected chi connectivity index (χ3v) is 5.27. The molecule has 2 aliphatic rings. The SMILES string of the molecule is O=C(c1ccc(NC2=C(Cl)C(=O)N(c3ccccc3F)C2=O)cc1)N1CCCC1. The van der Waals surface area contributed by atoms with E-state index in [2.05, 4.69) is 5.32 Å². The Morgan fingerprint density at radius 2 is 1.62 bits per heavy atom. The second-order valence-electron chi connectivity index (χ2n) is 6.79. The average Bonchev–Trinajstić information content (AvgIpc) is 3.33. The Hall–Kier alpha value is -3.19. The number of benzene rings is 2. The van der Waals surface area contributed by atoms with Crippen molar-refractivity contribution in [2.45, 2.75) is 12.8 Å². The predicted molar refractivity (Wildman–Crippen MR) is 107 cm³/mol. The lowest BCUT2D eigenvalue weighted by atomic mass is 10.2. The highest BCUT2D eigenvalue weighted by Crippen LogP contribution is 2.31. The second kappa shape index (κ2) is 7.67. The first-order chi connectivity index (χ1) is 14.0. The van der Waals surface area contributed by atoms with Crippen LogP contribution in [0.3, 0.4) is 0 Å². The van der Waals surface area contributed by atoms with Crippen molar-refractivity contribution in [3.63, 3.8) is 0 Å². The molecule has 6 nitrogen and oxygen atoms in total. The van der Waals surface area contributed by atoms with Crippen LogP contribution in [0.5, 0.6) is 0 Å². The molecule has 0 radical (unpaired) electrons. The van der Waals surface area contributed by atoms with Crippen LogP contribution in [-0.2, 0) is 9.59 Å². The number of likely N-dealkylation sites (tertiary alicyclic amines) is 1. The minimum atomic E-state index is -0.801. The Bertz CT molecular complexity index is 1030. The van der Waals surface area contributed by atoms with Crippen molar-refractivity contribution in [3.8, 4) is 0 Å². The fourth-order valence-corrected chi connectivity index (χ4v) is 3.62. The number of imide groups is 1. The predicted octanol–water partition coefficient (Wildman–Crippen LogP) is 3.50. The molecule has 2 aromatic rings. The summed E-state index contributed by atoms with van der Waals surface area (Å²) < 4.78 is 14.1. The first-order valence-electron chi connectivity index (χ1n) is 9.17. The van der Waals surface area contributed by atoms with Gasteiger partial charge in [0.1, 0.15) is 16.5 Å². The van der Waals surface area contributed by atoms with Crippen LogP contribution < -0.4 is 10.2 Å². The summed E-state index contributed by atoms with van der Waals surface area (Å²) in [6, 6.07) is 12.0. The largest absolute Gasteiger partial charge is 0.350 e. The fourth-order valence-electron chi connectivity index (χ4n) is 3.41. The maximum absolute atomic E-state index is 14.1. The minimum Gasteiger partial charge on any atom is -0.350 e. The highest BCUT2D eigenvalue weighted by molar-refractivity contribution is 6.53. The van der Waals surface area contributed by atoms with Crippen molar-refractivity contribution in [2.24, 2.45) is 0 Å². The van der Waals surface area contributed by atoms with Gasteiger partial charge in [0.05, 0.1) is 5.69 Å². The standard InChI is InChI=1S/C21H17ClFN3O3/c22-17-18(21(29)26(20(17)28)16-6-2-1-5-15(16)23)24-14-9-7-13(8-10-14)19(27)25-11-3-4-12-25/h1-2,5-10,24H,3-4,11-12H2. The Morgan fingerprint density at radius 3 is 2.28 bits per heavy atom. The van der Waals surface area contributed by atoms with Crippen LogP contribution >= 0.6 is 11.6 Å². The summed E-state index contributed by atoms with van der Waals surface area (Å²) >= 11 is 6.06. The van der Waals surface area contributed by atoms with E-state index in [1.54, 1.807) is 29.2 Å². The van der Waals surface area contributed by atoms with Crippen molar-refractivity contribution in [2.75, 3.05) is 23.3 Å². The van der Waals surface area contributed by atoms with Gasteiger partial charge in [-0.15, -0.1) is 0 Å². The summed E-state index contributed by atoms with van der Waals surface area (Å²) in [6.07, 6.45) is 2.01. The molecule has 1 fully saturated rings. The lowest BCUT2D eigenvalue weighted by molar-refractivity contribution is -0.120. The number of para-hydroxylation sites is 1. The van der Waals surface area contributed by atoms with Crippen LogP contribution in [0.25, 0.3) is 0 Å². The van der Waals surface area contributed by atoms with E-state index in [-0.39, 0.29) is 22.3 Å². The van der Waals surface area contributed by atoms with Crippen LogP contribution in [0.15, 0.2) is 59.3 Å². The first kappa shape index (κ1) is 19.1. The van der Waals surface area contributed by atoms with Gasteiger partial charge in [-0.25, -0.2) is 9.29 Å². The van der Waals surface area contributed by atoms with Crippen molar-refractivity contribution < 1.29 is 18.8 Å². The van der Waals surface area contributed by atoms with Crippen molar-refractivity contribution in [1.82, 2.24) is 4.90 Å². The van der Waals surface area contributed by atoms with Crippen molar-refractivity contribution in [1.29, 1.82) is 0 Å². The number of hydrogen-bond donors (Lipinski definition) is 1. The van der Waals surface area contributed by atoms with E-state index in [4.69, 9.17) is 11.6 Å². The van der Waals surface area contributed by atoms with Gasteiger partial charge in [0.2, 0.25) is 0 Å². The normalized spacial score (nSPS) is 16.8. The molecule has 1 N–H and O–H groups in total. The Labute approximate surface area is 171 Å². The van der Waals surface area contributed by atoms with Gasteiger partial charge in [-0.3, -0.25) is 14.4 Å². The van der Waals surface area contributed by atoms with Crippen LogP contribution in [-0.4, -0.2) is 35.7 Å². The van der Waals surface area contributed by atoms with Crippen LogP contribution in [0.4, 0.5) is 15.8 Å². The van der Waals surface area contributed by atoms with Gasteiger partial charge in [-0.2, -0.15) is 0 Å². The molecule has 0 atom stereocenters. The van der Waals surface area contributed by atoms with Gasteiger partial charge in [0.25, 0.3) is 17.7 Å². The summed E-state index contributed by atoms with van der Waals surface area (Å²) in [5.74, 6) is -2.29. The number of carbonyl (C=O) groups excluding carboxylic acids is 3. The summed E-state index contributed by atoms with van der Waals surface area (Å²) in [5, 5.41) is 2.49. The number of carbonyl (C=O) groups is 3. The van der Waals surface area contributed by atoms with E-state index in [0.717, 1.165) is 32.0 Å². The van der Waals surface area contributed by atoms with Gasteiger partial charge in [0, 0.05) is 24.3 Å². The van der Waals surface area contributed by atoms with Crippen LogP contribution in [0.2, 0.25) is 0 Å². The molecular weight excluding hydrogens is 397 g/mol. The van der Waals surface area contributed by atoms with Crippen LogP contribution in [0, 0.1) is 5.82 Å². The number of anilines is 2. The number of halogens is 2. The minimum absolute atomic E-state index is 0.0378. The molecule has 0 unspecified atom stereocenters. The van der Waals surface area contributed by atoms with Gasteiger partial charge in [0.15, 0.2) is 0 Å². The first-order valence-corrected chi connectivity index (χ1v) is 9.54. The Kier molecular flexibility index (Phi) is 5.07. The molecule has 4 rings (SSSR count). The van der Waals surface area contributed by atoms with E-state index in [1.165, 1.54) is 18.2 Å². The molecule has 2 aliphatic heterocycles. The summed E-state index contributed by atoms with van der Waals surface area (Å²) in [7, 11) is 0. The lowest BCUT2D eigenvalue weighted by Crippen LogP contribution is -2.33. The molecule has 0 aromatic heterocycles. The zero-order chi connectivity index (χ0) is 20.5. The molecule has 148 valence electrons. The molecule has 0 saturated carbocycles. The number of nitrogens with zero attached hydrogens (tertiary/aromatic N) is 2. The fraction of sp³-hybridized carbons (Fsp3) is 0.190. The highest BCUT2D eigenvalue weighted by atomic mass is 35.5. The molecule has 2 heterocycles. The summed E-state index contributed by atoms with van der Waals surface area (Å²) in [5.41, 5.74) is 0.717. The second-order valence-corrected chi connectivity index (χ2v) is 7.17. The lowest BCUT2D eigenvalue weighted by Gasteiger charge is -2.16. The molecular formula is C21H17ClFN3O3. The van der Waals surface area contributed by atoms with Gasteiger partial charge in [-0.05, 0) is 49.2 Å². The van der Waals surface area contributed by atoms with Crippen molar-refractivity contribution in [3.05, 3.63) is 70.6 Å². The summed E-state index contributed by atoms with van der Waals surface area (Å²) in [6.45, 7) is 1.51. The van der Waals surface area contributed by atoms with E-state index in [0.29, 0.717) is 16.2 Å². The highest BCUT2D eigenvalue weighted by Gasteiger charge is 2.40.